The molecule has 1 aliphatic rings. The van der Waals surface area contributed by atoms with Gasteiger partial charge in [0, 0.05) is 0 Å². The van der Waals surface area contributed by atoms with Gasteiger partial charge in [0.1, 0.15) is 5.75 Å². The predicted octanol–water partition coefficient (Wildman–Crippen LogP) is -0.184. The first kappa shape index (κ1) is 9.10. The molecule has 1 aromatic heterocycles. The molecule has 0 aliphatic carbocycles. The van der Waals surface area contributed by atoms with E-state index in [0.717, 1.165) is 5.69 Å². The van der Waals surface area contributed by atoms with Gasteiger partial charge in [-0.2, -0.15) is 5.21 Å². The summed E-state index contributed by atoms with van der Waals surface area (Å²) in [7, 11) is 0. The van der Waals surface area contributed by atoms with E-state index in [4.69, 9.17) is 10.5 Å². The van der Waals surface area contributed by atoms with Gasteiger partial charge in [-0.25, -0.2) is 0 Å². The van der Waals surface area contributed by atoms with E-state index in [1.54, 1.807) is 0 Å². The molecule has 0 saturated heterocycles. The standard InChI is InChI=1S/C9H10N6O/c10-9(8-12-14-15-13-8)5-11-6-3-1-2-4-7(6)16-9/h1-4,11H,5,10H2,(H,12,13,14,15). The molecule has 82 valence electrons. The molecule has 7 nitrogen and oxygen atoms in total. The number of anilines is 1. The quantitative estimate of drug-likeness (QED) is 0.613. The first-order valence-electron chi connectivity index (χ1n) is 4.83. The Hall–Kier alpha value is -2.15. The number of nitrogens with one attached hydrogen (secondary N) is 2. The minimum atomic E-state index is -1.08. The van der Waals surface area contributed by atoms with Crippen molar-refractivity contribution in [1.82, 2.24) is 20.6 Å². The van der Waals surface area contributed by atoms with Crippen molar-refractivity contribution in [2.45, 2.75) is 5.72 Å². The van der Waals surface area contributed by atoms with Crippen molar-refractivity contribution >= 4 is 5.69 Å². The number of hydrogen-bond donors (Lipinski definition) is 3. The second kappa shape index (κ2) is 3.17. The molecule has 2 aromatic rings. The molecule has 4 N–H and O–H groups in total. The van der Waals surface area contributed by atoms with Crippen LogP contribution in [0.1, 0.15) is 5.82 Å². The minimum Gasteiger partial charge on any atom is -0.461 e. The van der Waals surface area contributed by atoms with E-state index in [1.807, 2.05) is 24.3 Å². The SMILES string of the molecule is NC1(c2nn[nH]n2)CNc2ccccc2O1. The highest BCUT2D eigenvalue weighted by atomic mass is 16.5. The van der Waals surface area contributed by atoms with Crippen molar-refractivity contribution in [2.24, 2.45) is 5.73 Å². The number of hydrogen-bond acceptors (Lipinski definition) is 6. The lowest BCUT2D eigenvalue weighted by molar-refractivity contribution is 0.0707. The van der Waals surface area contributed by atoms with Crippen molar-refractivity contribution in [3.8, 4) is 5.75 Å². The Bertz CT molecular complexity index is 498. The normalized spacial score (nSPS) is 23.1. The summed E-state index contributed by atoms with van der Waals surface area (Å²) in [4.78, 5) is 0. The van der Waals surface area contributed by atoms with E-state index in [1.165, 1.54) is 0 Å². The first-order valence-corrected chi connectivity index (χ1v) is 4.83. The second-order valence-electron chi connectivity index (χ2n) is 3.58. The summed E-state index contributed by atoms with van der Waals surface area (Å²) in [6, 6.07) is 7.56. The Morgan fingerprint density at radius 1 is 1.38 bits per heavy atom. The Balaban J connectivity index is 1.98. The lowest BCUT2D eigenvalue weighted by atomic mass is 10.1. The fourth-order valence-corrected chi connectivity index (χ4v) is 1.63. The fourth-order valence-electron chi connectivity index (χ4n) is 1.63. The van der Waals surface area contributed by atoms with E-state index < -0.39 is 5.72 Å². The number of aromatic amines is 1. The van der Waals surface area contributed by atoms with Crippen LogP contribution in [0.4, 0.5) is 5.69 Å². The van der Waals surface area contributed by atoms with Crippen LogP contribution in [0.15, 0.2) is 24.3 Å². The molecule has 2 heterocycles. The number of benzene rings is 1. The molecule has 1 aromatic carbocycles. The number of fused-ring (bicyclic) bond motifs is 1. The van der Waals surface area contributed by atoms with E-state index in [-0.39, 0.29) is 0 Å². The molecular weight excluding hydrogens is 208 g/mol. The molecular formula is C9H10N6O. The van der Waals surface area contributed by atoms with Crippen LogP contribution in [0.3, 0.4) is 0 Å². The van der Waals surface area contributed by atoms with Crippen molar-refractivity contribution in [3.63, 3.8) is 0 Å². The van der Waals surface area contributed by atoms with Gasteiger partial charge < -0.3 is 10.1 Å². The number of H-pyrrole nitrogens is 1. The zero-order valence-corrected chi connectivity index (χ0v) is 8.34. The summed E-state index contributed by atoms with van der Waals surface area (Å²) in [5, 5.41) is 16.7. The van der Waals surface area contributed by atoms with E-state index >= 15 is 0 Å². The molecule has 0 spiro atoms. The zero-order chi connectivity index (χ0) is 11.0. The first-order chi connectivity index (χ1) is 7.78. The average molecular weight is 218 g/mol. The number of rotatable bonds is 1. The van der Waals surface area contributed by atoms with Crippen LogP contribution < -0.4 is 15.8 Å². The van der Waals surface area contributed by atoms with Crippen LogP contribution in [0, 0.1) is 0 Å². The zero-order valence-electron chi connectivity index (χ0n) is 8.34. The molecule has 0 saturated carbocycles. The number of ether oxygens (including phenoxy) is 1. The largest absolute Gasteiger partial charge is 0.461 e. The summed E-state index contributed by atoms with van der Waals surface area (Å²) in [6.45, 7) is 0.392. The van der Waals surface area contributed by atoms with Crippen molar-refractivity contribution in [1.29, 1.82) is 0 Å². The smallest absolute Gasteiger partial charge is 0.240 e. The summed E-state index contributed by atoms with van der Waals surface area (Å²) in [5.41, 5.74) is 5.90. The lowest BCUT2D eigenvalue weighted by Crippen LogP contribution is -2.51. The van der Waals surface area contributed by atoms with Crippen LogP contribution in [-0.4, -0.2) is 27.2 Å². The van der Waals surface area contributed by atoms with Gasteiger partial charge >= 0.3 is 0 Å². The van der Waals surface area contributed by atoms with Crippen molar-refractivity contribution in [2.75, 3.05) is 11.9 Å². The van der Waals surface area contributed by atoms with Gasteiger partial charge in [0.25, 0.3) is 0 Å². The summed E-state index contributed by atoms with van der Waals surface area (Å²) in [6.07, 6.45) is 0. The second-order valence-corrected chi connectivity index (χ2v) is 3.58. The average Bonchev–Trinajstić information content (AvgIpc) is 2.83. The summed E-state index contributed by atoms with van der Waals surface area (Å²) >= 11 is 0. The van der Waals surface area contributed by atoms with Crippen molar-refractivity contribution in [3.05, 3.63) is 30.1 Å². The van der Waals surface area contributed by atoms with E-state index in [9.17, 15) is 0 Å². The Kier molecular flexibility index (Phi) is 1.80. The molecule has 7 heteroatoms. The number of tetrazole rings is 1. The van der Waals surface area contributed by atoms with Gasteiger partial charge in [0.15, 0.2) is 0 Å². The highest BCUT2D eigenvalue weighted by Gasteiger charge is 2.38. The molecule has 0 fully saturated rings. The van der Waals surface area contributed by atoms with Gasteiger partial charge in [0.2, 0.25) is 11.5 Å². The molecule has 0 bridgehead atoms. The number of nitrogens with two attached hydrogens (primary N) is 1. The van der Waals surface area contributed by atoms with Gasteiger partial charge in [-0.3, -0.25) is 5.73 Å². The maximum absolute atomic E-state index is 6.07. The van der Waals surface area contributed by atoms with Crippen LogP contribution in [-0.2, 0) is 5.72 Å². The Labute approximate surface area is 91.0 Å². The highest BCUT2D eigenvalue weighted by molar-refractivity contribution is 5.58. The lowest BCUT2D eigenvalue weighted by Gasteiger charge is -2.33. The molecule has 3 rings (SSSR count). The van der Waals surface area contributed by atoms with Crippen LogP contribution >= 0.6 is 0 Å². The van der Waals surface area contributed by atoms with Gasteiger partial charge in [-0.1, -0.05) is 12.1 Å². The number of para-hydroxylation sites is 2. The molecule has 16 heavy (non-hydrogen) atoms. The van der Waals surface area contributed by atoms with Crippen LogP contribution in [0.2, 0.25) is 0 Å². The maximum atomic E-state index is 6.07. The molecule has 1 unspecified atom stereocenters. The molecule has 1 aliphatic heterocycles. The van der Waals surface area contributed by atoms with Crippen LogP contribution in [0.25, 0.3) is 0 Å². The number of nitrogens with zero attached hydrogens (tertiary/aromatic N) is 3. The van der Waals surface area contributed by atoms with Crippen molar-refractivity contribution < 1.29 is 4.74 Å². The van der Waals surface area contributed by atoms with Crippen LogP contribution in [0.5, 0.6) is 5.75 Å². The fraction of sp³-hybridized carbons (Fsp3) is 0.222. The third-order valence-corrected chi connectivity index (χ3v) is 2.44. The Morgan fingerprint density at radius 2 is 2.25 bits per heavy atom. The summed E-state index contributed by atoms with van der Waals surface area (Å²) in [5.74, 6) is 1.01. The highest BCUT2D eigenvalue weighted by Crippen LogP contribution is 2.33. The van der Waals surface area contributed by atoms with Gasteiger partial charge in [0.05, 0.1) is 12.2 Å². The van der Waals surface area contributed by atoms with E-state index in [0.29, 0.717) is 18.1 Å². The molecule has 0 radical (unpaired) electrons. The molecule has 0 amide bonds. The van der Waals surface area contributed by atoms with E-state index in [2.05, 4.69) is 25.9 Å². The predicted molar refractivity (Wildman–Crippen MR) is 55.6 cm³/mol. The number of aromatic nitrogens is 4. The third kappa shape index (κ3) is 1.29. The monoisotopic (exact) mass is 218 g/mol. The minimum absolute atomic E-state index is 0.328. The van der Waals surface area contributed by atoms with Gasteiger partial charge in [-0.15, -0.1) is 10.2 Å². The van der Waals surface area contributed by atoms with Gasteiger partial charge in [-0.05, 0) is 17.3 Å². The molecule has 1 atom stereocenters. The Morgan fingerprint density at radius 3 is 3.06 bits per heavy atom. The maximum Gasteiger partial charge on any atom is 0.240 e. The topological polar surface area (TPSA) is 102 Å². The third-order valence-electron chi connectivity index (χ3n) is 2.44. The summed E-state index contributed by atoms with van der Waals surface area (Å²) < 4.78 is 5.69.